The molecule has 2 aromatic heterocycles. The molecule has 2 heterocycles. The Morgan fingerprint density at radius 2 is 2.14 bits per heavy atom. The summed E-state index contributed by atoms with van der Waals surface area (Å²) in [5, 5.41) is 6.18. The zero-order valence-electron chi connectivity index (χ0n) is 11.3. The zero-order valence-corrected chi connectivity index (χ0v) is 13.7. The summed E-state index contributed by atoms with van der Waals surface area (Å²) in [4.78, 5) is 16.4. The quantitative estimate of drug-likeness (QED) is 0.758. The average Bonchev–Trinajstić information content (AvgIpc) is 2.90. The maximum absolute atomic E-state index is 11.7. The second-order valence-electron chi connectivity index (χ2n) is 4.25. The highest BCUT2D eigenvalue weighted by atomic mass is 35.5. The molecule has 0 radical (unpaired) electrons. The molecule has 0 atom stereocenters. The molecule has 2 N–H and O–H groups in total. The van der Waals surface area contributed by atoms with Crippen LogP contribution in [0.1, 0.15) is 21.7 Å². The van der Waals surface area contributed by atoms with Crippen LogP contribution in [0.2, 0.25) is 4.34 Å². The maximum Gasteiger partial charge on any atom is 0.261 e. The van der Waals surface area contributed by atoms with Crippen molar-refractivity contribution < 1.29 is 4.79 Å². The van der Waals surface area contributed by atoms with Crippen molar-refractivity contribution >= 4 is 41.3 Å². The molecule has 0 bridgehead atoms. The van der Waals surface area contributed by atoms with Crippen molar-refractivity contribution in [3.05, 3.63) is 51.4 Å². The van der Waals surface area contributed by atoms with Gasteiger partial charge in [-0.25, -0.2) is 0 Å². The number of carbonyl (C=O) groups excluding carboxylic acids is 1. The summed E-state index contributed by atoms with van der Waals surface area (Å²) < 4.78 is 0.633. The molecule has 21 heavy (non-hydrogen) atoms. The maximum atomic E-state index is 11.7. The number of aromatic nitrogens is 1. The largest absolute Gasteiger partial charge is 0.351 e. The fraction of sp³-hybridized carbons (Fsp3) is 0.286. The van der Waals surface area contributed by atoms with Gasteiger partial charge in [-0.3, -0.25) is 9.78 Å². The van der Waals surface area contributed by atoms with E-state index >= 15 is 0 Å². The first-order chi connectivity index (χ1) is 9.75. The number of hydrogen-bond donors (Lipinski definition) is 2. The van der Waals surface area contributed by atoms with Gasteiger partial charge in [0.15, 0.2) is 0 Å². The Kier molecular flexibility index (Phi) is 8.30. The second-order valence-corrected chi connectivity index (χ2v) is 5.97. The summed E-state index contributed by atoms with van der Waals surface area (Å²) in [7, 11) is 0. The predicted octanol–water partition coefficient (Wildman–Crippen LogP) is 3.13. The lowest BCUT2D eigenvalue weighted by Crippen LogP contribution is -2.26. The standard InChI is InChI=1S/C14H16ClN3OS.ClH/c15-13-5-4-12(20-13)14(19)18-8-2-7-17-10-11-3-1-6-16-9-11;/h1,3-6,9,17H,2,7-8,10H2,(H,18,19);1H. The molecule has 1 amide bonds. The SMILES string of the molecule is Cl.O=C(NCCCNCc1cccnc1)c1ccc(Cl)s1. The number of pyridine rings is 1. The first kappa shape index (κ1) is 17.9. The summed E-state index contributed by atoms with van der Waals surface area (Å²) in [6.45, 7) is 2.29. The number of carbonyl (C=O) groups is 1. The molecule has 2 rings (SSSR count). The predicted molar refractivity (Wildman–Crippen MR) is 89.5 cm³/mol. The molecule has 0 aliphatic rings. The molecule has 0 fully saturated rings. The van der Waals surface area contributed by atoms with E-state index in [-0.39, 0.29) is 18.3 Å². The van der Waals surface area contributed by atoms with Gasteiger partial charge in [0.2, 0.25) is 0 Å². The number of amides is 1. The van der Waals surface area contributed by atoms with E-state index in [0.29, 0.717) is 15.8 Å². The van der Waals surface area contributed by atoms with Crippen molar-refractivity contribution in [2.45, 2.75) is 13.0 Å². The van der Waals surface area contributed by atoms with Crippen LogP contribution in [0.15, 0.2) is 36.7 Å². The number of hydrogen-bond acceptors (Lipinski definition) is 4. The first-order valence-electron chi connectivity index (χ1n) is 6.39. The highest BCUT2D eigenvalue weighted by molar-refractivity contribution is 7.17. The van der Waals surface area contributed by atoms with Crippen molar-refractivity contribution in [1.29, 1.82) is 0 Å². The molecule has 0 aromatic carbocycles. The lowest BCUT2D eigenvalue weighted by molar-refractivity contribution is 0.0957. The van der Waals surface area contributed by atoms with Crippen LogP contribution in [0.4, 0.5) is 0 Å². The molecule has 7 heteroatoms. The van der Waals surface area contributed by atoms with E-state index in [4.69, 9.17) is 11.6 Å². The summed E-state index contributed by atoms with van der Waals surface area (Å²) >= 11 is 7.08. The minimum atomic E-state index is -0.0610. The number of nitrogens with one attached hydrogen (secondary N) is 2. The number of thiophene rings is 1. The number of halogens is 2. The van der Waals surface area contributed by atoms with Crippen molar-refractivity contribution in [3.8, 4) is 0 Å². The van der Waals surface area contributed by atoms with Crippen molar-refractivity contribution in [1.82, 2.24) is 15.6 Å². The van der Waals surface area contributed by atoms with Crippen LogP contribution in [0, 0.1) is 0 Å². The monoisotopic (exact) mass is 345 g/mol. The molecule has 114 valence electrons. The Bertz CT molecular complexity index is 548. The van der Waals surface area contributed by atoms with Gasteiger partial charge < -0.3 is 10.6 Å². The third-order valence-electron chi connectivity index (χ3n) is 2.66. The van der Waals surface area contributed by atoms with Crippen LogP contribution in [0.25, 0.3) is 0 Å². The summed E-state index contributed by atoms with van der Waals surface area (Å²) in [6.07, 6.45) is 4.48. The van der Waals surface area contributed by atoms with Gasteiger partial charge in [-0.1, -0.05) is 17.7 Å². The van der Waals surface area contributed by atoms with Gasteiger partial charge in [0.1, 0.15) is 0 Å². The van der Waals surface area contributed by atoms with E-state index in [1.54, 1.807) is 18.3 Å². The lowest BCUT2D eigenvalue weighted by Gasteiger charge is -2.05. The van der Waals surface area contributed by atoms with Gasteiger partial charge >= 0.3 is 0 Å². The highest BCUT2D eigenvalue weighted by Crippen LogP contribution is 2.20. The third-order valence-corrected chi connectivity index (χ3v) is 3.89. The summed E-state index contributed by atoms with van der Waals surface area (Å²) in [5.74, 6) is -0.0610. The van der Waals surface area contributed by atoms with Crippen molar-refractivity contribution in [2.24, 2.45) is 0 Å². The van der Waals surface area contributed by atoms with Crippen LogP contribution < -0.4 is 10.6 Å². The van der Waals surface area contributed by atoms with Gasteiger partial charge in [0.05, 0.1) is 9.21 Å². The number of nitrogens with zero attached hydrogens (tertiary/aromatic N) is 1. The van der Waals surface area contributed by atoms with E-state index in [0.717, 1.165) is 25.1 Å². The van der Waals surface area contributed by atoms with E-state index in [2.05, 4.69) is 15.6 Å². The minimum Gasteiger partial charge on any atom is -0.351 e. The molecule has 0 aliphatic heterocycles. The molecule has 0 spiro atoms. The van der Waals surface area contributed by atoms with Gasteiger partial charge in [-0.15, -0.1) is 23.7 Å². The van der Waals surface area contributed by atoms with Gasteiger partial charge in [-0.05, 0) is 36.7 Å². The van der Waals surface area contributed by atoms with E-state index in [1.165, 1.54) is 11.3 Å². The molecule has 0 saturated carbocycles. The normalized spacial score (nSPS) is 9.95. The van der Waals surface area contributed by atoms with Crippen molar-refractivity contribution in [3.63, 3.8) is 0 Å². The van der Waals surface area contributed by atoms with Gasteiger partial charge in [0.25, 0.3) is 5.91 Å². The van der Waals surface area contributed by atoms with Crippen LogP contribution in [0.5, 0.6) is 0 Å². The number of rotatable bonds is 7. The zero-order chi connectivity index (χ0) is 14.2. The Labute approximate surface area is 139 Å². The smallest absolute Gasteiger partial charge is 0.261 e. The van der Waals surface area contributed by atoms with Gasteiger partial charge in [0, 0.05) is 25.5 Å². The van der Waals surface area contributed by atoms with Gasteiger partial charge in [-0.2, -0.15) is 0 Å². The van der Waals surface area contributed by atoms with Crippen LogP contribution in [-0.4, -0.2) is 24.0 Å². The lowest BCUT2D eigenvalue weighted by atomic mass is 10.3. The summed E-state index contributed by atoms with van der Waals surface area (Å²) in [5.41, 5.74) is 1.16. The Morgan fingerprint density at radius 3 is 2.81 bits per heavy atom. The second kappa shape index (κ2) is 9.73. The molecule has 0 unspecified atom stereocenters. The molecule has 0 aliphatic carbocycles. The minimum absolute atomic E-state index is 0. The highest BCUT2D eigenvalue weighted by Gasteiger charge is 2.07. The fourth-order valence-corrected chi connectivity index (χ4v) is 2.63. The van der Waals surface area contributed by atoms with Crippen molar-refractivity contribution in [2.75, 3.05) is 13.1 Å². The van der Waals surface area contributed by atoms with Crippen LogP contribution in [0.3, 0.4) is 0 Å². The van der Waals surface area contributed by atoms with E-state index < -0.39 is 0 Å². The van der Waals surface area contributed by atoms with E-state index in [1.807, 2.05) is 18.3 Å². The van der Waals surface area contributed by atoms with E-state index in [9.17, 15) is 4.79 Å². The third kappa shape index (κ3) is 6.44. The Morgan fingerprint density at radius 1 is 1.29 bits per heavy atom. The molecular formula is C14H17Cl2N3OS. The molecular weight excluding hydrogens is 329 g/mol. The Balaban J connectivity index is 0.00000220. The topological polar surface area (TPSA) is 54.0 Å². The first-order valence-corrected chi connectivity index (χ1v) is 7.58. The molecule has 0 saturated heterocycles. The molecule has 2 aromatic rings. The average molecular weight is 346 g/mol. The van der Waals surface area contributed by atoms with Crippen LogP contribution in [-0.2, 0) is 6.54 Å². The fourth-order valence-electron chi connectivity index (χ4n) is 1.67. The Hall–Kier alpha value is -1.14. The summed E-state index contributed by atoms with van der Waals surface area (Å²) in [6, 6.07) is 7.42. The van der Waals surface area contributed by atoms with Crippen LogP contribution >= 0.6 is 35.3 Å². The molecule has 4 nitrogen and oxygen atoms in total.